The SMILES string of the molecule is Br.CCC(CCCCCCCCCCCCCCCCO)CCCCCCCCCCCCCCC(C)(C)N. The van der Waals surface area contributed by atoms with Crippen LogP contribution in [-0.4, -0.2) is 17.3 Å². The summed E-state index contributed by atoms with van der Waals surface area (Å²) in [5, 5.41) is 8.80. The van der Waals surface area contributed by atoms with Crippen LogP contribution in [0.4, 0.5) is 0 Å². The Labute approximate surface area is 258 Å². The van der Waals surface area contributed by atoms with Gasteiger partial charge in [-0.15, -0.1) is 17.0 Å². The molecule has 0 heterocycles. The summed E-state index contributed by atoms with van der Waals surface area (Å²) >= 11 is 0. The Morgan fingerprint density at radius 1 is 0.462 bits per heavy atom. The first kappa shape index (κ1) is 41.5. The molecule has 3 heteroatoms. The van der Waals surface area contributed by atoms with Crippen LogP contribution in [0, 0.1) is 5.92 Å². The standard InChI is InChI=1S/C36H75NO.BrH/c1-4-35(31-27-23-19-15-11-7-5-6-10-14-18-22-26-30-34-38)32-28-24-20-16-12-8-9-13-17-21-25-29-33-36(2,3)37;/h35,38H,4-34,37H2,1-3H3;1H. The monoisotopic (exact) mass is 618 g/mol. The molecule has 0 spiro atoms. The van der Waals surface area contributed by atoms with Gasteiger partial charge in [0.25, 0.3) is 0 Å². The predicted molar refractivity (Wildman–Crippen MR) is 183 cm³/mol. The molecule has 0 aliphatic heterocycles. The van der Waals surface area contributed by atoms with Crippen molar-refractivity contribution < 1.29 is 5.11 Å². The van der Waals surface area contributed by atoms with Crippen LogP contribution in [0.2, 0.25) is 0 Å². The fourth-order valence-corrected chi connectivity index (χ4v) is 6.00. The van der Waals surface area contributed by atoms with Crippen molar-refractivity contribution in [3.8, 4) is 0 Å². The van der Waals surface area contributed by atoms with Gasteiger partial charge < -0.3 is 10.8 Å². The number of aliphatic hydroxyl groups excluding tert-OH is 1. The summed E-state index contributed by atoms with van der Waals surface area (Å²) in [5.41, 5.74) is 6.08. The van der Waals surface area contributed by atoms with Crippen molar-refractivity contribution in [3.05, 3.63) is 0 Å². The van der Waals surface area contributed by atoms with E-state index in [1.807, 2.05) is 0 Å². The van der Waals surface area contributed by atoms with E-state index in [9.17, 15) is 0 Å². The zero-order valence-electron chi connectivity index (χ0n) is 27.4. The van der Waals surface area contributed by atoms with Crippen LogP contribution in [0.3, 0.4) is 0 Å². The van der Waals surface area contributed by atoms with Crippen molar-refractivity contribution in [2.75, 3.05) is 6.61 Å². The van der Waals surface area contributed by atoms with Gasteiger partial charge in [-0.25, -0.2) is 0 Å². The first-order valence-corrected chi connectivity index (χ1v) is 17.9. The predicted octanol–water partition coefficient (Wildman–Crippen LogP) is 12.6. The Bertz CT molecular complexity index is 436. The molecule has 0 rings (SSSR count). The molecule has 0 aliphatic carbocycles. The lowest BCUT2D eigenvalue weighted by atomic mass is 9.92. The van der Waals surface area contributed by atoms with E-state index in [1.54, 1.807) is 0 Å². The van der Waals surface area contributed by atoms with Gasteiger partial charge in [0.15, 0.2) is 0 Å². The fraction of sp³-hybridized carbons (Fsp3) is 1.00. The smallest absolute Gasteiger partial charge is 0.0431 e. The van der Waals surface area contributed by atoms with Crippen LogP contribution in [0.1, 0.15) is 213 Å². The molecule has 2 nitrogen and oxygen atoms in total. The third-order valence-corrected chi connectivity index (χ3v) is 8.78. The topological polar surface area (TPSA) is 46.2 Å². The number of hydrogen-bond donors (Lipinski definition) is 2. The molecule has 238 valence electrons. The minimum absolute atomic E-state index is 0. The highest BCUT2D eigenvalue weighted by atomic mass is 79.9. The van der Waals surface area contributed by atoms with E-state index in [-0.39, 0.29) is 22.5 Å². The molecule has 0 aromatic carbocycles. The third kappa shape index (κ3) is 36.4. The number of halogens is 1. The van der Waals surface area contributed by atoms with Crippen molar-refractivity contribution in [1.29, 1.82) is 0 Å². The molecule has 0 fully saturated rings. The molecule has 0 saturated heterocycles. The molecular formula is C36H76BrNO. The van der Waals surface area contributed by atoms with Gasteiger partial charge in [0.2, 0.25) is 0 Å². The second kappa shape index (κ2) is 32.9. The van der Waals surface area contributed by atoms with E-state index in [4.69, 9.17) is 10.8 Å². The van der Waals surface area contributed by atoms with Gasteiger partial charge in [0.05, 0.1) is 0 Å². The van der Waals surface area contributed by atoms with E-state index in [0.717, 1.165) is 12.3 Å². The van der Waals surface area contributed by atoms with E-state index in [2.05, 4.69) is 20.8 Å². The van der Waals surface area contributed by atoms with Crippen molar-refractivity contribution in [1.82, 2.24) is 0 Å². The first-order chi connectivity index (χ1) is 18.5. The lowest BCUT2D eigenvalue weighted by Crippen LogP contribution is -2.31. The second-order valence-corrected chi connectivity index (χ2v) is 13.5. The third-order valence-electron chi connectivity index (χ3n) is 8.78. The van der Waals surface area contributed by atoms with Crippen LogP contribution in [-0.2, 0) is 0 Å². The summed E-state index contributed by atoms with van der Waals surface area (Å²) in [6, 6.07) is 0. The molecule has 0 saturated carbocycles. The van der Waals surface area contributed by atoms with Crippen LogP contribution in [0.15, 0.2) is 0 Å². The summed E-state index contributed by atoms with van der Waals surface area (Å²) in [6.45, 7) is 7.08. The molecule has 0 aromatic heterocycles. The maximum absolute atomic E-state index is 8.80. The first-order valence-electron chi connectivity index (χ1n) is 17.9. The lowest BCUT2D eigenvalue weighted by molar-refractivity contribution is 0.282. The number of nitrogens with two attached hydrogens (primary N) is 1. The summed E-state index contributed by atoms with van der Waals surface area (Å²) in [5.74, 6) is 0.995. The van der Waals surface area contributed by atoms with Crippen LogP contribution in [0.25, 0.3) is 0 Å². The largest absolute Gasteiger partial charge is 0.396 e. The zero-order valence-corrected chi connectivity index (χ0v) is 29.1. The van der Waals surface area contributed by atoms with Crippen molar-refractivity contribution >= 4 is 17.0 Å². The van der Waals surface area contributed by atoms with Crippen molar-refractivity contribution in [2.45, 2.75) is 219 Å². The lowest BCUT2D eigenvalue weighted by Gasteiger charge is -2.17. The molecule has 1 unspecified atom stereocenters. The molecule has 0 amide bonds. The Kier molecular flexibility index (Phi) is 35.0. The molecular weight excluding hydrogens is 542 g/mol. The molecule has 3 N–H and O–H groups in total. The van der Waals surface area contributed by atoms with Crippen LogP contribution >= 0.6 is 17.0 Å². The van der Waals surface area contributed by atoms with E-state index >= 15 is 0 Å². The number of unbranched alkanes of at least 4 members (excludes halogenated alkanes) is 24. The summed E-state index contributed by atoms with van der Waals surface area (Å²) in [6.07, 6.45) is 42.1. The quantitative estimate of drug-likeness (QED) is 0.0737. The Morgan fingerprint density at radius 2 is 0.718 bits per heavy atom. The highest BCUT2D eigenvalue weighted by molar-refractivity contribution is 8.93. The zero-order chi connectivity index (χ0) is 28.0. The van der Waals surface area contributed by atoms with Gasteiger partial charge in [0, 0.05) is 12.1 Å². The van der Waals surface area contributed by atoms with Gasteiger partial charge in [0.1, 0.15) is 0 Å². The minimum atomic E-state index is 0. The Hall–Kier alpha value is 0.400. The average molecular weight is 619 g/mol. The highest BCUT2D eigenvalue weighted by Crippen LogP contribution is 2.22. The summed E-state index contributed by atoms with van der Waals surface area (Å²) in [7, 11) is 0. The molecule has 0 aliphatic rings. The van der Waals surface area contributed by atoms with Crippen LogP contribution < -0.4 is 5.73 Å². The van der Waals surface area contributed by atoms with Gasteiger partial charge in [-0.2, -0.15) is 0 Å². The number of aliphatic hydroxyl groups is 1. The van der Waals surface area contributed by atoms with Gasteiger partial charge in [-0.3, -0.25) is 0 Å². The molecule has 1 atom stereocenters. The molecule has 0 radical (unpaired) electrons. The van der Waals surface area contributed by atoms with Gasteiger partial charge >= 0.3 is 0 Å². The van der Waals surface area contributed by atoms with Gasteiger partial charge in [-0.1, -0.05) is 187 Å². The van der Waals surface area contributed by atoms with Gasteiger partial charge in [-0.05, 0) is 32.6 Å². The maximum atomic E-state index is 8.80. The Morgan fingerprint density at radius 3 is 0.974 bits per heavy atom. The number of hydrogen-bond acceptors (Lipinski definition) is 2. The number of rotatable bonds is 32. The maximum Gasteiger partial charge on any atom is 0.0431 e. The van der Waals surface area contributed by atoms with E-state index in [1.165, 1.54) is 186 Å². The van der Waals surface area contributed by atoms with E-state index < -0.39 is 0 Å². The molecule has 39 heavy (non-hydrogen) atoms. The average Bonchev–Trinajstić information content (AvgIpc) is 2.89. The summed E-state index contributed by atoms with van der Waals surface area (Å²) < 4.78 is 0. The van der Waals surface area contributed by atoms with Crippen molar-refractivity contribution in [2.24, 2.45) is 11.7 Å². The molecule has 0 bridgehead atoms. The second-order valence-electron chi connectivity index (χ2n) is 13.5. The van der Waals surface area contributed by atoms with Crippen LogP contribution in [0.5, 0.6) is 0 Å². The normalized spacial score (nSPS) is 12.5. The summed E-state index contributed by atoms with van der Waals surface area (Å²) in [4.78, 5) is 0. The Balaban J connectivity index is 0. The minimum Gasteiger partial charge on any atom is -0.396 e. The fourth-order valence-electron chi connectivity index (χ4n) is 6.00. The van der Waals surface area contributed by atoms with E-state index in [0.29, 0.717) is 6.61 Å². The van der Waals surface area contributed by atoms with Crippen molar-refractivity contribution in [3.63, 3.8) is 0 Å². The highest BCUT2D eigenvalue weighted by Gasteiger charge is 2.09. The molecule has 0 aromatic rings.